The molecule has 0 bridgehead atoms. The number of nitrogens with two attached hydrogens (primary N) is 1. The Morgan fingerprint density at radius 1 is 1.33 bits per heavy atom. The van der Waals surface area contributed by atoms with E-state index in [0.29, 0.717) is 17.2 Å². The smallest absolute Gasteiger partial charge is 0.275 e. The van der Waals surface area contributed by atoms with E-state index in [1.807, 2.05) is 6.92 Å². The Hall–Kier alpha value is -1.95. The van der Waals surface area contributed by atoms with E-state index in [4.69, 9.17) is 5.73 Å². The van der Waals surface area contributed by atoms with Crippen LogP contribution in [-0.4, -0.2) is 15.9 Å². The second-order valence-corrected chi connectivity index (χ2v) is 4.60. The lowest BCUT2D eigenvalue weighted by Crippen LogP contribution is -2.14. The van der Waals surface area contributed by atoms with Crippen molar-refractivity contribution in [2.24, 2.45) is 0 Å². The van der Waals surface area contributed by atoms with Crippen molar-refractivity contribution in [3.63, 3.8) is 0 Å². The Labute approximate surface area is 113 Å². The maximum absolute atomic E-state index is 11.9. The van der Waals surface area contributed by atoms with Crippen LogP contribution in [-0.2, 0) is 0 Å². The van der Waals surface area contributed by atoms with Gasteiger partial charge in [0.15, 0.2) is 0 Å². The van der Waals surface area contributed by atoms with E-state index >= 15 is 0 Å². The molecule has 0 fully saturated rings. The highest BCUT2D eigenvalue weighted by Gasteiger charge is 2.08. The topological polar surface area (TPSA) is 80.9 Å². The first kappa shape index (κ1) is 12.5. The number of carbonyl (C=O) groups is 1. The van der Waals surface area contributed by atoms with E-state index in [1.54, 1.807) is 24.4 Å². The van der Waals surface area contributed by atoms with Crippen LogP contribution in [0.1, 0.15) is 16.1 Å². The van der Waals surface area contributed by atoms with Gasteiger partial charge in [0, 0.05) is 10.7 Å². The Kier molecular flexibility index (Phi) is 3.57. The Balaban J connectivity index is 2.16. The van der Waals surface area contributed by atoms with Gasteiger partial charge >= 0.3 is 0 Å². The summed E-state index contributed by atoms with van der Waals surface area (Å²) in [6.07, 6.45) is 3.08. The zero-order valence-corrected chi connectivity index (χ0v) is 11.2. The lowest BCUT2D eigenvalue weighted by atomic mass is 10.3. The number of aryl methyl sites for hydroxylation is 1. The van der Waals surface area contributed by atoms with E-state index in [1.165, 1.54) is 6.20 Å². The summed E-state index contributed by atoms with van der Waals surface area (Å²) in [4.78, 5) is 19.9. The summed E-state index contributed by atoms with van der Waals surface area (Å²) in [5.41, 5.74) is 7.31. The molecule has 0 saturated carbocycles. The average molecular weight is 307 g/mol. The molecule has 0 aliphatic rings. The molecule has 0 radical (unpaired) electrons. The highest BCUT2D eigenvalue weighted by molar-refractivity contribution is 9.10. The Bertz CT molecular complexity index is 583. The third-order valence-electron chi connectivity index (χ3n) is 2.31. The van der Waals surface area contributed by atoms with Gasteiger partial charge in [-0.3, -0.25) is 4.79 Å². The van der Waals surface area contributed by atoms with Crippen LogP contribution < -0.4 is 11.1 Å². The van der Waals surface area contributed by atoms with Gasteiger partial charge in [-0.1, -0.05) is 0 Å². The van der Waals surface area contributed by atoms with Crippen LogP contribution in [0.3, 0.4) is 0 Å². The molecule has 0 aliphatic heterocycles. The van der Waals surface area contributed by atoms with Crippen molar-refractivity contribution in [3.05, 3.63) is 46.3 Å². The maximum Gasteiger partial charge on any atom is 0.275 e. The number of nitrogens with zero attached hydrogens (tertiary/aromatic N) is 2. The van der Waals surface area contributed by atoms with Gasteiger partial charge in [-0.25, -0.2) is 9.97 Å². The van der Waals surface area contributed by atoms with Crippen LogP contribution in [0, 0.1) is 6.92 Å². The van der Waals surface area contributed by atoms with Crippen LogP contribution in [0.2, 0.25) is 0 Å². The number of hydrogen-bond acceptors (Lipinski definition) is 4. The largest absolute Gasteiger partial charge is 0.397 e. The van der Waals surface area contributed by atoms with Gasteiger partial charge in [-0.15, -0.1) is 0 Å². The number of hydrogen-bond donors (Lipinski definition) is 2. The molecule has 6 heteroatoms. The Morgan fingerprint density at radius 3 is 2.72 bits per heavy atom. The molecule has 92 valence electrons. The Morgan fingerprint density at radius 2 is 2.11 bits per heavy atom. The van der Waals surface area contributed by atoms with Gasteiger partial charge in [0.2, 0.25) is 0 Å². The number of carbonyl (C=O) groups excluding carboxylic acids is 1. The molecule has 2 aromatic heterocycles. The fourth-order valence-electron chi connectivity index (χ4n) is 1.33. The molecule has 0 aromatic carbocycles. The number of nitrogens with one attached hydrogen (secondary N) is 1. The van der Waals surface area contributed by atoms with Crippen molar-refractivity contribution < 1.29 is 4.79 Å². The van der Waals surface area contributed by atoms with E-state index in [9.17, 15) is 4.79 Å². The summed E-state index contributed by atoms with van der Waals surface area (Å²) >= 11 is 3.35. The van der Waals surface area contributed by atoms with Crippen LogP contribution in [0.4, 0.5) is 11.5 Å². The van der Waals surface area contributed by atoms with Gasteiger partial charge in [-0.05, 0) is 46.6 Å². The fourth-order valence-corrected chi connectivity index (χ4v) is 1.54. The zero-order chi connectivity index (χ0) is 13.1. The van der Waals surface area contributed by atoms with Gasteiger partial charge < -0.3 is 11.1 Å². The number of nitrogen functional groups attached to an aromatic ring is 1. The van der Waals surface area contributed by atoms with Crippen LogP contribution in [0.25, 0.3) is 0 Å². The molecule has 0 saturated heterocycles. The number of halogens is 1. The minimum Gasteiger partial charge on any atom is -0.397 e. The third-order valence-corrected chi connectivity index (χ3v) is 3.14. The molecule has 0 aliphatic carbocycles. The van der Waals surface area contributed by atoms with Crippen molar-refractivity contribution in [2.45, 2.75) is 6.92 Å². The first-order chi connectivity index (χ1) is 8.56. The molecular formula is C12H11BrN4O. The minimum atomic E-state index is -0.316. The minimum absolute atomic E-state index is 0.298. The van der Waals surface area contributed by atoms with Gasteiger partial charge in [-0.2, -0.15) is 0 Å². The molecule has 2 heterocycles. The van der Waals surface area contributed by atoms with Crippen LogP contribution >= 0.6 is 15.9 Å². The van der Waals surface area contributed by atoms with Crippen molar-refractivity contribution in [1.29, 1.82) is 0 Å². The van der Waals surface area contributed by atoms with Crippen LogP contribution in [0.5, 0.6) is 0 Å². The monoisotopic (exact) mass is 306 g/mol. The highest BCUT2D eigenvalue weighted by Crippen LogP contribution is 2.17. The van der Waals surface area contributed by atoms with E-state index in [2.05, 4.69) is 31.2 Å². The quantitative estimate of drug-likeness (QED) is 0.892. The summed E-state index contributed by atoms with van der Waals surface area (Å²) in [7, 11) is 0. The lowest BCUT2D eigenvalue weighted by Gasteiger charge is -2.05. The number of amides is 1. The van der Waals surface area contributed by atoms with Gasteiger partial charge in [0.25, 0.3) is 5.91 Å². The summed E-state index contributed by atoms with van der Waals surface area (Å²) in [6, 6.07) is 4.97. The molecule has 0 unspecified atom stereocenters. The maximum atomic E-state index is 11.9. The zero-order valence-electron chi connectivity index (χ0n) is 9.64. The molecule has 5 nitrogen and oxygen atoms in total. The fraction of sp³-hybridized carbons (Fsp3) is 0.0833. The molecule has 3 N–H and O–H groups in total. The molecule has 2 rings (SSSR count). The number of rotatable bonds is 2. The molecule has 18 heavy (non-hydrogen) atoms. The van der Waals surface area contributed by atoms with E-state index in [-0.39, 0.29) is 5.91 Å². The number of aromatic nitrogens is 2. The van der Waals surface area contributed by atoms with Crippen molar-refractivity contribution in [2.75, 3.05) is 11.1 Å². The predicted octanol–water partition coefficient (Wildman–Crippen LogP) is 2.38. The molecule has 1 amide bonds. The number of pyridine rings is 2. The third kappa shape index (κ3) is 2.84. The number of anilines is 2. The standard InChI is InChI=1S/C12H11BrN4O/c1-7-4-11(16-6-9(7)13)17-12(18)10-3-2-8(14)5-15-10/h2-6H,14H2,1H3,(H,16,17,18). The molecule has 2 aromatic rings. The second-order valence-electron chi connectivity index (χ2n) is 3.75. The van der Waals surface area contributed by atoms with Crippen molar-refractivity contribution in [1.82, 2.24) is 9.97 Å². The summed E-state index contributed by atoms with van der Waals surface area (Å²) in [5.74, 6) is 0.170. The van der Waals surface area contributed by atoms with Crippen molar-refractivity contribution >= 4 is 33.3 Å². The average Bonchev–Trinajstić information content (AvgIpc) is 2.34. The normalized spacial score (nSPS) is 10.1. The second kappa shape index (κ2) is 5.14. The predicted molar refractivity (Wildman–Crippen MR) is 73.3 cm³/mol. The van der Waals surface area contributed by atoms with Crippen molar-refractivity contribution in [3.8, 4) is 0 Å². The first-order valence-electron chi connectivity index (χ1n) is 5.21. The van der Waals surface area contributed by atoms with E-state index < -0.39 is 0 Å². The SMILES string of the molecule is Cc1cc(NC(=O)c2ccc(N)cn2)ncc1Br. The molecule has 0 spiro atoms. The molecule has 0 atom stereocenters. The highest BCUT2D eigenvalue weighted by atomic mass is 79.9. The van der Waals surface area contributed by atoms with Crippen LogP contribution in [0.15, 0.2) is 35.1 Å². The first-order valence-corrected chi connectivity index (χ1v) is 6.00. The lowest BCUT2D eigenvalue weighted by molar-refractivity contribution is 0.102. The summed E-state index contributed by atoms with van der Waals surface area (Å²) < 4.78 is 0.895. The van der Waals surface area contributed by atoms with E-state index in [0.717, 1.165) is 10.0 Å². The van der Waals surface area contributed by atoms with Gasteiger partial charge in [0.1, 0.15) is 11.5 Å². The summed E-state index contributed by atoms with van der Waals surface area (Å²) in [6.45, 7) is 1.92. The van der Waals surface area contributed by atoms with Gasteiger partial charge in [0.05, 0.1) is 11.9 Å². The summed E-state index contributed by atoms with van der Waals surface area (Å²) in [5, 5.41) is 2.67. The molecular weight excluding hydrogens is 296 g/mol.